The molecule has 0 bridgehead atoms. The summed E-state index contributed by atoms with van der Waals surface area (Å²) in [6.07, 6.45) is -2.53. The molecule has 0 aromatic heterocycles. The van der Waals surface area contributed by atoms with Gasteiger partial charge in [-0.1, -0.05) is 20.8 Å². The minimum Gasteiger partial charge on any atom is -0.459 e. The molecule has 0 radical (unpaired) electrons. The zero-order valence-electron chi connectivity index (χ0n) is 15.2. The first-order valence-electron chi connectivity index (χ1n) is 8.73. The Labute approximate surface area is 160 Å². The first-order valence-corrected chi connectivity index (χ1v) is 9.61. The van der Waals surface area contributed by atoms with E-state index < -0.39 is 40.9 Å². The molecule has 5 atom stereocenters. The van der Waals surface area contributed by atoms with Gasteiger partial charge in [-0.3, -0.25) is 19.3 Å². The van der Waals surface area contributed by atoms with Crippen LogP contribution in [0.1, 0.15) is 33.6 Å². The molecule has 0 aromatic rings. The van der Waals surface area contributed by atoms with Crippen molar-refractivity contribution < 1.29 is 29.0 Å². The molecule has 3 aliphatic heterocycles. The van der Waals surface area contributed by atoms with E-state index in [1.54, 1.807) is 13.8 Å². The smallest absolute Gasteiger partial charge is 0.308 e. The van der Waals surface area contributed by atoms with Gasteiger partial charge in [0.25, 0.3) is 11.1 Å². The van der Waals surface area contributed by atoms with Gasteiger partial charge < -0.3 is 20.3 Å². The number of ether oxygens (including phenoxy) is 2. The lowest BCUT2D eigenvalue weighted by molar-refractivity contribution is -0.163. The Hall–Kier alpha value is -1.98. The number of nitrogens with two attached hydrogens (primary N) is 1. The molecular weight excluding hydrogens is 376 g/mol. The average molecular weight is 398 g/mol. The third-order valence-electron chi connectivity index (χ3n) is 4.50. The fraction of sp³-hybridized carbons (Fsp3) is 0.688. The number of aliphatic imine (C=N–C) groups is 2. The van der Waals surface area contributed by atoms with Crippen LogP contribution in [0.15, 0.2) is 9.98 Å². The number of thioether (sulfide) groups is 1. The van der Waals surface area contributed by atoms with Crippen LogP contribution in [0.3, 0.4) is 0 Å². The summed E-state index contributed by atoms with van der Waals surface area (Å²) in [5, 5.41) is 9.11. The van der Waals surface area contributed by atoms with Gasteiger partial charge in [-0.15, -0.1) is 0 Å². The quantitative estimate of drug-likeness (QED) is 0.626. The molecule has 3 rings (SSSR count). The molecule has 0 saturated carbocycles. The van der Waals surface area contributed by atoms with E-state index >= 15 is 0 Å². The summed E-state index contributed by atoms with van der Waals surface area (Å²) in [6, 6.07) is 0. The Morgan fingerprint density at radius 1 is 1.44 bits per heavy atom. The van der Waals surface area contributed by atoms with E-state index in [4.69, 9.17) is 15.2 Å². The fourth-order valence-corrected chi connectivity index (χ4v) is 4.05. The summed E-state index contributed by atoms with van der Waals surface area (Å²) in [4.78, 5) is 45.0. The van der Waals surface area contributed by atoms with Crippen molar-refractivity contribution >= 4 is 40.7 Å². The first-order chi connectivity index (χ1) is 12.7. The molecule has 3 N–H and O–H groups in total. The van der Waals surface area contributed by atoms with Crippen LogP contribution in [0.4, 0.5) is 4.79 Å². The number of rotatable bonds is 5. The number of aliphatic hydroxyl groups is 1. The van der Waals surface area contributed by atoms with E-state index in [2.05, 4.69) is 9.98 Å². The van der Waals surface area contributed by atoms with Gasteiger partial charge in [0, 0.05) is 6.42 Å². The second kappa shape index (κ2) is 7.56. The van der Waals surface area contributed by atoms with Crippen LogP contribution < -0.4 is 5.73 Å². The van der Waals surface area contributed by atoms with Crippen LogP contribution in [0, 0.1) is 5.92 Å². The predicted molar refractivity (Wildman–Crippen MR) is 97.0 cm³/mol. The van der Waals surface area contributed by atoms with E-state index in [1.165, 1.54) is 0 Å². The molecular formula is C16H22N4O6S. The standard InChI is InChI=1S/C16H22N4O6S/c1-4-8(26-14(23)6(2)3)9-5-7(21)13(25-9)20-11-10(27-16(20)24)12(22)19-15(17)18-11/h6-10,13,21H,4-5H2,1-3H3,(H2,17,19,22)/t7-,8+,9+,10?,13-/m1/s1. The molecule has 148 valence electrons. The SMILES string of the molecule is CC[C@H](OC(=O)C(C)C)[C@@H]1C[C@@H](O)[C@H](N2C(=O)SC3C(=O)N=C(N)N=C32)O1. The summed E-state index contributed by atoms with van der Waals surface area (Å²) < 4.78 is 11.3. The molecule has 0 aliphatic carbocycles. The van der Waals surface area contributed by atoms with Gasteiger partial charge in [-0.25, -0.2) is 0 Å². The Bertz CT molecular complexity index is 724. The van der Waals surface area contributed by atoms with Crippen LogP contribution in [0.5, 0.6) is 0 Å². The molecule has 2 saturated heterocycles. The summed E-state index contributed by atoms with van der Waals surface area (Å²) in [5.74, 6) is -1.35. The van der Waals surface area contributed by atoms with E-state index in [9.17, 15) is 19.5 Å². The van der Waals surface area contributed by atoms with Crippen LogP contribution >= 0.6 is 11.8 Å². The van der Waals surface area contributed by atoms with Gasteiger partial charge in [0.1, 0.15) is 18.0 Å². The van der Waals surface area contributed by atoms with Gasteiger partial charge >= 0.3 is 5.97 Å². The molecule has 3 aliphatic rings. The van der Waals surface area contributed by atoms with Gasteiger partial charge in [-0.2, -0.15) is 9.98 Å². The summed E-state index contributed by atoms with van der Waals surface area (Å²) in [7, 11) is 0. The van der Waals surface area contributed by atoms with E-state index in [-0.39, 0.29) is 30.1 Å². The molecule has 0 spiro atoms. The zero-order valence-corrected chi connectivity index (χ0v) is 16.0. The Morgan fingerprint density at radius 3 is 2.78 bits per heavy atom. The normalized spacial score (nSPS) is 31.7. The number of carbonyl (C=O) groups excluding carboxylic acids is 3. The van der Waals surface area contributed by atoms with Crippen molar-refractivity contribution in [3.63, 3.8) is 0 Å². The second-order valence-corrected chi connectivity index (χ2v) is 7.87. The van der Waals surface area contributed by atoms with E-state index in [1.807, 2.05) is 6.92 Å². The molecule has 1 unspecified atom stereocenters. The Balaban J connectivity index is 1.78. The highest BCUT2D eigenvalue weighted by Gasteiger charge is 2.52. The number of carbonyl (C=O) groups is 3. The number of nitrogens with zero attached hydrogens (tertiary/aromatic N) is 3. The van der Waals surface area contributed by atoms with Gasteiger partial charge in [0.15, 0.2) is 11.5 Å². The van der Waals surface area contributed by atoms with Crippen molar-refractivity contribution in [2.45, 2.75) is 63.4 Å². The summed E-state index contributed by atoms with van der Waals surface area (Å²) in [6.45, 7) is 5.30. The number of hydrogen-bond acceptors (Lipinski definition) is 9. The highest BCUT2D eigenvalue weighted by atomic mass is 32.2. The van der Waals surface area contributed by atoms with E-state index in [0.717, 1.165) is 16.7 Å². The highest BCUT2D eigenvalue weighted by molar-refractivity contribution is 8.16. The van der Waals surface area contributed by atoms with Gasteiger partial charge in [0.2, 0.25) is 5.96 Å². The number of amides is 2. The lowest BCUT2D eigenvalue weighted by atomic mass is 10.1. The lowest BCUT2D eigenvalue weighted by Gasteiger charge is -2.28. The van der Waals surface area contributed by atoms with Crippen LogP contribution in [0.2, 0.25) is 0 Å². The number of fused-ring (bicyclic) bond motifs is 1. The Kier molecular flexibility index (Phi) is 5.54. The van der Waals surface area contributed by atoms with Gasteiger partial charge in [-0.05, 0) is 18.2 Å². The monoisotopic (exact) mass is 398 g/mol. The van der Waals surface area contributed by atoms with Crippen molar-refractivity contribution in [2.75, 3.05) is 0 Å². The third-order valence-corrected chi connectivity index (χ3v) is 5.55. The number of hydrogen-bond donors (Lipinski definition) is 2. The minimum absolute atomic E-state index is 0.111. The molecule has 10 nitrogen and oxygen atoms in total. The molecule has 27 heavy (non-hydrogen) atoms. The fourth-order valence-electron chi connectivity index (χ4n) is 3.11. The molecule has 11 heteroatoms. The maximum atomic E-state index is 12.4. The first kappa shape index (κ1) is 19.8. The van der Waals surface area contributed by atoms with E-state index in [0.29, 0.717) is 6.42 Å². The number of amidine groups is 1. The largest absolute Gasteiger partial charge is 0.459 e. The highest BCUT2D eigenvalue weighted by Crippen LogP contribution is 2.37. The lowest BCUT2D eigenvalue weighted by Crippen LogP contribution is -2.48. The van der Waals surface area contributed by atoms with Crippen LogP contribution in [0.25, 0.3) is 0 Å². The van der Waals surface area contributed by atoms with Crippen molar-refractivity contribution in [2.24, 2.45) is 21.6 Å². The van der Waals surface area contributed by atoms with Crippen molar-refractivity contribution in [3.8, 4) is 0 Å². The molecule has 0 aromatic carbocycles. The predicted octanol–water partition coefficient (Wildman–Crippen LogP) is 0.231. The van der Waals surface area contributed by atoms with Crippen LogP contribution in [-0.2, 0) is 19.1 Å². The molecule has 3 heterocycles. The molecule has 2 amide bonds. The number of aliphatic hydroxyl groups excluding tert-OH is 1. The number of guanidine groups is 1. The van der Waals surface area contributed by atoms with Crippen molar-refractivity contribution in [3.05, 3.63) is 0 Å². The van der Waals surface area contributed by atoms with Crippen LogP contribution in [-0.4, -0.2) is 68.7 Å². The maximum Gasteiger partial charge on any atom is 0.308 e. The van der Waals surface area contributed by atoms with Crippen molar-refractivity contribution in [1.82, 2.24) is 4.90 Å². The summed E-state index contributed by atoms with van der Waals surface area (Å²) in [5.41, 5.74) is 5.54. The minimum atomic E-state index is -1.04. The third kappa shape index (κ3) is 3.71. The van der Waals surface area contributed by atoms with Crippen molar-refractivity contribution in [1.29, 1.82) is 0 Å². The topological polar surface area (TPSA) is 144 Å². The van der Waals surface area contributed by atoms with Gasteiger partial charge in [0.05, 0.1) is 12.0 Å². The zero-order chi connectivity index (χ0) is 19.9. The summed E-state index contributed by atoms with van der Waals surface area (Å²) >= 11 is 0.754. The second-order valence-electron chi connectivity index (χ2n) is 6.82. The maximum absolute atomic E-state index is 12.4. The average Bonchev–Trinajstić information content (AvgIpc) is 3.11. The molecule has 2 fully saturated rings. The number of esters is 1. The Morgan fingerprint density at radius 2 is 2.15 bits per heavy atom.